The zero-order valence-corrected chi connectivity index (χ0v) is 15.1. The van der Waals surface area contributed by atoms with Crippen molar-refractivity contribution >= 4 is 46.4 Å². The lowest BCUT2D eigenvalue weighted by Crippen LogP contribution is -2.24. The number of anilines is 1. The van der Waals surface area contributed by atoms with Gasteiger partial charge in [0.05, 0.1) is 17.1 Å². The zero-order valence-electron chi connectivity index (χ0n) is 13.5. The van der Waals surface area contributed by atoms with Gasteiger partial charge in [0.2, 0.25) is 5.91 Å². The maximum Gasteiger partial charge on any atom is 0.355 e. The van der Waals surface area contributed by atoms with Crippen LogP contribution in [0.4, 0.5) is 5.69 Å². The molecule has 2 aromatic rings. The molecule has 0 unspecified atom stereocenters. The van der Waals surface area contributed by atoms with Crippen molar-refractivity contribution in [1.29, 1.82) is 0 Å². The maximum atomic E-state index is 12.3. The van der Waals surface area contributed by atoms with Gasteiger partial charge < -0.3 is 15.7 Å². The van der Waals surface area contributed by atoms with Crippen molar-refractivity contribution in [3.8, 4) is 0 Å². The van der Waals surface area contributed by atoms with E-state index in [2.05, 4.69) is 15.6 Å². The van der Waals surface area contributed by atoms with E-state index in [9.17, 15) is 14.4 Å². The second kappa shape index (κ2) is 8.09. The van der Waals surface area contributed by atoms with Crippen LogP contribution in [0.5, 0.6) is 0 Å². The molecule has 2 amide bonds. The summed E-state index contributed by atoms with van der Waals surface area (Å²) >= 11 is 7.19. The lowest BCUT2D eigenvalue weighted by Gasteiger charge is -2.10. The lowest BCUT2D eigenvalue weighted by molar-refractivity contribution is -0.118. The van der Waals surface area contributed by atoms with E-state index in [1.54, 1.807) is 19.9 Å². The number of hydrogen-bond donors (Lipinski definition) is 3. The SMILES string of the molecule is CC(C)C(=O)Nc1ccc(Cl)c(C(=O)NCc2nc(C(=O)O)cs2)c1. The molecule has 1 aromatic carbocycles. The number of carbonyl (C=O) groups is 3. The highest BCUT2D eigenvalue weighted by atomic mass is 35.5. The first kappa shape index (κ1) is 18.9. The number of nitrogens with one attached hydrogen (secondary N) is 2. The average Bonchev–Trinajstić information content (AvgIpc) is 3.03. The molecule has 0 bridgehead atoms. The first-order valence-electron chi connectivity index (χ1n) is 7.34. The van der Waals surface area contributed by atoms with Gasteiger partial charge in [-0.25, -0.2) is 9.78 Å². The number of hydrogen-bond acceptors (Lipinski definition) is 5. The smallest absolute Gasteiger partial charge is 0.355 e. The predicted molar refractivity (Wildman–Crippen MR) is 95.2 cm³/mol. The normalized spacial score (nSPS) is 10.6. The van der Waals surface area contributed by atoms with Gasteiger partial charge in [-0.05, 0) is 18.2 Å². The van der Waals surface area contributed by atoms with Gasteiger partial charge in [-0.1, -0.05) is 25.4 Å². The Bertz CT molecular complexity index is 819. The topological polar surface area (TPSA) is 108 Å². The first-order chi connectivity index (χ1) is 11.8. The van der Waals surface area contributed by atoms with Crippen LogP contribution in [-0.4, -0.2) is 27.9 Å². The number of aromatic nitrogens is 1. The third-order valence-electron chi connectivity index (χ3n) is 3.17. The van der Waals surface area contributed by atoms with Gasteiger partial charge in [-0.3, -0.25) is 9.59 Å². The summed E-state index contributed by atoms with van der Waals surface area (Å²) in [6, 6.07) is 4.63. The highest BCUT2D eigenvalue weighted by molar-refractivity contribution is 7.09. The van der Waals surface area contributed by atoms with Crippen molar-refractivity contribution in [3.63, 3.8) is 0 Å². The van der Waals surface area contributed by atoms with Crippen LogP contribution in [0.2, 0.25) is 5.02 Å². The molecular formula is C16H16ClN3O4S. The number of amides is 2. The summed E-state index contributed by atoms with van der Waals surface area (Å²) < 4.78 is 0. The fourth-order valence-corrected chi connectivity index (χ4v) is 2.72. The number of carboxylic acids is 1. The molecule has 2 rings (SSSR count). The average molecular weight is 382 g/mol. The number of halogens is 1. The number of rotatable bonds is 6. The summed E-state index contributed by atoms with van der Waals surface area (Å²) in [5, 5.41) is 16.3. The summed E-state index contributed by atoms with van der Waals surface area (Å²) in [5.41, 5.74) is 0.611. The van der Waals surface area contributed by atoms with E-state index in [0.717, 1.165) is 11.3 Å². The minimum absolute atomic E-state index is 0.0642. The van der Waals surface area contributed by atoms with E-state index < -0.39 is 11.9 Å². The van der Waals surface area contributed by atoms with E-state index in [1.807, 2.05) is 0 Å². The van der Waals surface area contributed by atoms with Crippen molar-refractivity contribution in [2.75, 3.05) is 5.32 Å². The molecule has 0 saturated heterocycles. The molecule has 0 spiro atoms. The summed E-state index contributed by atoms with van der Waals surface area (Å²) in [6.45, 7) is 3.60. The third-order valence-corrected chi connectivity index (χ3v) is 4.35. The van der Waals surface area contributed by atoms with Crippen molar-refractivity contribution in [2.24, 2.45) is 5.92 Å². The number of thiazole rings is 1. The van der Waals surface area contributed by atoms with Gasteiger partial charge in [0, 0.05) is 17.0 Å². The monoisotopic (exact) mass is 381 g/mol. The molecule has 9 heteroatoms. The first-order valence-corrected chi connectivity index (χ1v) is 8.60. The predicted octanol–water partition coefficient (Wildman–Crippen LogP) is 3.02. The van der Waals surface area contributed by atoms with Crippen molar-refractivity contribution < 1.29 is 19.5 Å². The van der Waals surface area contributed by atoms with E-state index in [4.69, 9.17) is 16.7 Å². The quantitative estimate of drug-likeness (QED) is 0.712. The minimum Gasteiger partial charge on any atom is -0.476 e. The molecule has 25 heavy (non-hydrogen) atoms. The van der Waals surface area contributed by atoms with Gasteiger partial charge in [-0.15, -0.1) is 11.3 Å². The Balaban J connectivity index is 2.07. The number of carboxylic acid groups (broad SMARTS) is 1. The molecule has 0 aliphatic heterocycles. The van der Waals surface area contributed by atoms with Crippen LogP contribution in [0, 0.1) is 5.92 Å². The highest BCUT2D eigenvalue weighted by Crippen LogP contribution is 2.21. The van der Waals surface area contributed by atoms with Crippen LogP contribution in [0.15, 0.2) is 23.6 Å². The fourth-order valence-electron chi connectivity index (χ4n) is 1.81. The van der Waals surface area contributed by atoms with Crippen molar-refractivity contribution in [2.45, 2.75) is 20.4 Å². The van der Waals surface area contributed by atoms with E-state index in [-0.39, 0.29) is 34.6 Å². The molecule has 0 saturated carbocycles. The highest BCUT2D eigenvalue weighted by Gasteiger charge is 2.15. The van der Waals surface area contributed by atoms with Gasteiger partial charge in [0.1, 0.15) is 5.01 Å². The van der Waals surface area contributed by atoms with Crippen LogP contribution in [-0.2, 0) is 11.3 Å². The molecular weight excluding hydrogens is 366 g/mol. The van der Waals surface area contributed by atoms with E-state index >= 15 is 0 Å². The molecule has 0 fully saturated rings. The van der Waals surface area contributed by atoms with E-state index in [1.165, 1.54) is 17.5 Å². The zero-order chi connectivity index (χ0) is 18.6. The molecule has 1 aromatic heterocycles. The molecule has 3 N–H and O–H groups in total. The second-order valence-electron chi connectivity index (χ2n) is 5.45. The second-order valence-corrected chi connectivity index (χ2v) is 6.80. The maximum absolute atomic E-state index is 12.3. The molecule has 0 atom stereocenters. The number of aromatic carboxylic acids is 1. The molecule has 7 nitrogen and oxygen atoms in total. The molecule has 0 radical (unpaired) electrons. The van der Waals surface area contributed by atoms with Gasteiger partial charge in [-0.2, -0.15) is 0 Å². The summed E-state index contributed by atoms with van der Waals surface area (Å²) in [4.78, 5) is 38.7. The molecule has 1 heterocycles. The van der Waals surface area contributed by atoms with Gasteiger partial charge in [0.25, 0.3) is 5.91 Å². The lowest BCUT2D eigenvalue weighted by atomic mass is 10.1. The molecule has 0 aliphatic rings. The summed E-state index contributed by atoms with van der Waals surface area (Å²) in [6.07, 6.45) is 0. The Morgan fingerprint density at radius 2 is 2.04 bits per heavy atom. The van der Waals surface area contributed by atoms with Crippen LogP contribution in [0.25, 0.3) is 0 Å². The number of nitrogens with zero attached hydrogens (tertiary/aromatic N) is 1. The summed E-state index contributed by atoms with van der Waals surface area (Å²) in [5.74, 6) is -1.93. The van der Waals surface area contributed by atoms with Crippen molar-refractivity contribution in [3.05, 3.63) is 44.9 Å². The van der Waals surface area contributed by atoms with Gasteiger partial charge in [0.15, 0.2) is 5.69 Å². The van der Waals surface area contributed by atoms with Gasteiger partial charge >= 0.3 is 5.97 Å². The Labute approximate surface area is 153 Å². The molecule has 132 valence electrons. The van der Waals surface area contributed by atoms with Crippen LogP contribution < -0.4 is 10.6 Å². The third kappa shape index (κ3) is 5.01. The summed E-state index contributed by atoms with van der Waals surface area (Å²) in [7, 11) is 0. The largest absolute Gasteiger partial charge is 0.476 e. The fraction of sp³-hybridized carbons (Fsp3) is 0.250. The Morgan fingerprint density at radius 3 is 2.64 bits per heavy atom. The Morgan fingerprint density at radius 1 is 1.32 bits per heavy atom. The number of benzene rings is 1. The van der Waals surface area contributed by atoms with E-state index in [0.29, 0.717) is 10.7 Å². The Kier molecular flexibility index (Phi) is 6.11. The minimum atomic E-state index is -1.12. The van der Waals surface area contributed by atoms with Crippen LogP contribution >= 0.6 is 22.9 Å². The standard InChI is InChI=1S/C16H16ClN3O4S/c1-8(2)14(21)19-9-3-4-11(17)10(5-9)15(22)18-6-13-20-12(7-25-13)16(23)24/h3-5,7-8H,6H2,1-2H3,(H,18,22)(H,19,21)(H,23,24). The molecule has 0 aliphatic carbocycles. The van der Waals surface area contributed by atoms with Crippen molar-refractivity contribution in [1.82, 2.24) is 10.3 Å². The Hall–Kier alpha value is -2.45. The van der Waals surface area contributed by atoms with Crippen LogP contribution in [0.3, 0.4) is 0 Å². The number of carbonyl (C=O) groups excluding carboxylic acids is 2. The van der Waals surface area contributed by atoms with Crippen LogP contribution in [0.1, 0.15) is 39.7 Å².